The quantitative estimate of drug-likeness (QED) is 0.852. The number of hydrogen-bond acceptors (Lipinski definition) is 2. The zero-order valence-electron chi connectivity index (χ0n) is 10.7. The van der Waals surface area contributed by atoms with Crippen LogP contribution in [0.15, 0.2) is 40.9 Å². The average molecular weight is 324 g/mol. The molecule has 0 aliphatic heterocycles. The van der Waals surface area contributed by atoms with E-state index in [0.29, 0.717) is 5.56 Å². The maximum absolute atomic E-state index is 13.0. The first-order valence-electron chi connectivity index (χ1n) is 5.99. The first-order chi connectivity index (χ1) is 8.99. The van der Waals surface area contributed by atoms with Crippen molar-refractivity contribution < 1.29 is 9.50 Å². The molecule has 0 heterocycles. The highest BCUT2D eigenvalue weighted by atomic mass is 79.9. The number of phenols is 1. The predicted molar refractivity (Wildman–Crippen MR) is 79.0 cm³/mol. The van der Waals surface area contributed by atoms with Gasteiger partial charge in [0.05, 0.1) is 6.04 Å². The summed E-state index contributed by atoms with van der Waals surface area (Å²) in [5.74, 6) is -0.472. The number of anilines is 1. The average Bonchev–Trinajstić information content (AvgIpc) is 2.34. The first-order valence-corrected chi connectivity index (χ1v) is 6.78. The van der Waals surface area contributed by atoms with E-state index in [1.807, 2.05) is 32.0 Å². The summed E-state index contributed by atoms with van der Waals surface area (Å²) in [6.45, 7) is 3.93. The van der Waals surface area contributed by atoms with Gasteiger partial charge in [-0.15, -0.1) is 0 Å². The van der Waals surface area contributed by atoms with Crippen LogP contribution in [0.5, 0.6) is 5.75 Å². The Morgan fingerprint density at radius 3 is 2.68 bits per heavy atom. The van der Waals surface area contributed by atoms with E-state index >= 15 is 0 Å². The van der Waals surface area contributed by atoms with Crippen molar-refractivity contribution in [2.45, 2.75) is 19.9 Å². The summed E-state index contributed by atoms with van der Waals surface area (Å²) in [7, 11) is 0. The Hall–Kier alpha value is -1.55. The van der Waals surface area contributed by atoms with Gasteiger partial charge in [0.1, 0.15) is 11.6 Å². The zero-order chi connectivity index (χ0) is 14.0. The maximum atomic E-state index is 13.0. The van der Waals surface area contributed by atoms with Gasteiger partial charge >= 0.3 is 0 Å². The van der Waals surface area contributed by atoms with Crippen molar-refractivity contribution in [1.29, 1.82) is 0 Å². The summed E-state index contributed by atoms with van der Waals surface area (Å²) in [4.78, 5) is 0. The normalized spacial score (nSPS) is 12.2. The van der Waals surface area contributed by atoms with Gasteiger partial charge in [-0.1, -0.05) is 28.1 Å². The summed E-state index contributed by atoms with van der Waals surface area (Å²) >= 11 is 3.48. The fourth-order valence-electron chi connectivity index (χ4n) is 1.96. The number of halogens is 2. The molecule has 1 unspecified atom stereocenters. The third-order valence-corrected chi connectivity index (χ3v) is 3.96. The van der Waals surface area contributed by atoms with Crippen LogP contribution in [-0.2, 0) is 0 Å². The van der Waals surface area contributed by atoms with Crippen LogP contribution in [0.4, 0.5) is 10.1 Å². The van der Waals surface area contributed by atoms with Crippen LogP contribution in [0.25, 0.3) is 0 Å². The van der Waals surface area contributed by atoms with E-state index in [2.05, 4.69) is 21.2 Å². The monoisotopic (exact) mass is 323 g/mol. The smallest absolute Gasteiger partial charge is 0.126 e. The fourth-order valence-corrected chi connectivity index (χ4v) is 2.32. The third-order valence-electron chi connectivity index (χ3n) is 3.10. The molecule has 2 N–H and O–H groups in total. The first kappa shape index (κ1) is 13.9. The Bertz CT molecular complexity index is 601. The molecule has 0 radical (unpaired) electrons. The molecular weight excluding hydrogens is 309 g/mol. The molecule has 19 heavy (non-hydrogen) atoms. The zero-order valence-corrected chi connectivity index (χ0v) is 12.3. The highest BCUT2D eigenvalue weighted by Crippen LogP contribution is 2.30. The van der Waals surface area contributed by atoms with Gasteiger partial charge in [0.15, 0.2) is 0 Å². The number of nitrogens with one attached hydrogen (secondary N) is 1. The molecule has 0 aliphatic carbocycles. The van der Waals surface area contributed by atoms with Crippen LogP contribution in [0.2, 0.25) is 0 Å². The molecular formula is C15H15BrFNO. The SMILES string of the molecule is Cc1c(Br)cccc1NC(C)c1ccc(F)cc1O. The molecule has 0 spiro atoms. The van der Waals surface area contributed by atoms with Crippen molar-refractivity contribution in [1.82, 2.24) is 0 Å². The predicted octanol–water partition coefficient (Wildman–Crippen LogP) is 4.78. The van der Waals surface area contributed by atoms with Crippen molar-refractivity contribution >= 4 is 21.6 Å². The Kier molecular flexibility index (Phi) is 4.10. The standard InChI is InChI=1S/C15H15BrFNO/c1-9-13(16)4-3-5-14(9)18-10(2)12-7-6-11(17)8-15(12)19/h3-8,10,18-19H,1-2H3. The molecule has 2 rings (SSSR count). The van der Waals surface area contributed by atoms with Gasteiger partial charge in [0.2, 0.25) is 0 Å². The van der Waals surface area contributed by atoms with Gasteiger partial charge in [-0.3, -0.25) is 0 Å². The van der Waals surface area contributed by atoms with Crippen molar-refractivity contribution in [3.8, 4) is 5.75 Å². The van der Waals surface area contributed by atoms with E-state index in [-0.39, 0.29) is 11.8 Å². The Balaban J connectivity index is 2.25. The molecule has 0 amide bonds. The van der Waals surface area contributed by atoms with E-state index in [1.54, 1.807) is 6.07 Å². The molecule has 2 nitrogen and oxygen atoms in total. The van der Waals surface area contributed by atoms with E-state index in [1.165, 1.54) is 6.07 Å². The maximum Gasteiger partial charge on any atom is 0.126 e. The van der Waals surface area contributed by atoms with E-state index in [4.69, 9.17) is 0 Å². The molecule has 4 heteroatoms. The summed E-state index contributed by atoms with van der Waals surface area (Å²) in [5, 5.41) is 13.1. The second-order valence-corrected chi connectivity index (χ2v) is 5.34. The van der Waals surface area contributed by atoms with Crippen LogP contribution in [0.3, 0.4) is 0 Å². The molecule has 100 valence electrons. The van der Waals surface area contributed by atoms with Gasteiger partial charge in [0, 0.05) is 21.8 Å². The molecule has 2 aromatic carbocycles. The highest BCUT2D eigenvalue weighted by Gasteiger charge is 2.12. The minimum absolute atomic E-state index is 0.0346. The third kappa shape index (κ3) is 3.07. The van der Waals surface area contributed by atoms with Crippen molar-refractivity contribution in [3.05, 3.63) is 57.8 Å². The Morgan fingerprint density at radius 1 is 1.26 bits per heavy atom. The van der Waals surface area contributed by atoms with Gasteiger partial charge in [-0.25, -0.2) is 4.39 Å². The molecule has 0 saturated heterocycles. The van der Waals surface area contributed by atoms with E-state index < -0.39 is 5.82 Å². The molecule has 0 saturated carbocycles. The lowest BCUT2D eigenvalue weighted by Crippen LogP contribution is -2.08. The van der Waals surface area contributed by atoms with Gasteiger partial charge < -0.3 is 10.4 Å². The lowest BCUT2D eigenvalue weighted by molar-refractivity contribution is 0.459. The summed E-state index contributed by atoms with van der Waals surface area (Å²) in [6, 6.07) is 9.83. The minimum Gasteiger partial charge on any atom is -0.507 e. The molecule has 0 bridgehead atoms. The largest absolute Gasteiger partial charge is 0.507 e. The minimum atomic E-state index is -0.438. The van der Waals surface area contributed by atoms with Crippen molar-refractivity contribution in [2.24, 2.45) is 0 Å². The number of phenolic OH excluding ortho intramolecular Hbond substituents is 1. The van der Waals surface area contributed by atoms with Gasteiger partial charge in [-0.05, 0) is 37.6 Å². The second-order valence-electron chi connectivity index (χ2n) is 4.48. The number of hydrogen-bond donors (Lipinski definition) is 2. The summed E-state index contributed by atoms with van der Waals surface area (Å²) < 4.78 is 14.0. The molecule has 0 fully saturated rings. The van der Waals surface area contributed by atoms with Crippen LogP contribution in [0, 0.1) is 12.7 Å². The van der Waals surface area contributed by atoms with Crippen LogP contribution >= 0.6 is 15.9 Å². The fraction of sp³-hybridized carbons (Fsp3) is 0.200. The second kappa shape index (κ2) is 5.61. The lowest BCUT2D eigenvalue weighted by atomic mass is 10.1. The van der Waals surface area contributed by atoms with E-state index in [9.17, 15) is 9.50 Å². The highest BCUT2D eigenvalue weighted by molar-refractivity contribution is 9.10. The van der Waals surface area contributed by atoms with Gasteiger partial charge in [-0.2, -0.15) is 0 Å². The molecule has 2 aromatic rings. The lowest BCUT2D eigenvalue weighted by Gasteiger charge is -2.19. The number of rotatable bonds is 3. The molecule has 1 atom stereocenters. The summed E-state index contributed by atoms with van der Waals surface area (Å²) in [6.07, 6.45) is 0. The van der Waals surface area contributed by atoms with Gasteiger partial charge in [0.25, 0.3) is 0 Å². The summed E-state index contributed by atoms with van der Waals surface area (Å²) in [5.41, 5.74) is 2.74. The Labute approximate surface area is 120 Å². The number of benzene rings is 2. The molecule has 0 aromatic heterocycles. The van der Waals surface area contributed by atoms with Crippen molar-refractivity contribution in [2.75, 3.05) is 5.32 Å². The van der Waals surface area contributed by atoms with Crippen LogP contribution in [0.1, 0.15) is 24.1 Å². The van der Waals surface area contributed by atoms with Crippen LogP contribution in [-0.4, -0.2) is 5.11 Å². The van der Waals surface area contributed by atoms with E-state index in [0.717, 1.165) is 21.8 Å². The Morgan fingerprint density at radius 2 is 2.00 bits per heavy atom. The number of aromatic hydroxyl groups is 1. The topological polar surface area (TPSA) is 32.3 Å². The van der Waals surface area contributed by atoms with Crippen molar-refractivity contribution in [3.63, 3.8) is 0 Å². The van der Waals surface area contributed by atoms with Crippen LogP contribution < -0.4 is 5.32 Å². The molecule has 0 aliphatic rings.